The predicted octanol–water partition coefficient (Wildman–Crippen LogP) is 3.91. The maximum absolute atomic E-state index is 13.5. The molecule has 37 heavy (non-hydrogen) atoms. The Morgan fingerprint density at radius 2 is 1.97 bits per heavy atom. The van der Waals surface area contributed by atoms with Gasteiger partial charge in [-0.3, -0.25) is 19.4 Å². The zero-order valence-corrected chi connectivity index (χ0v) is 21.6. The van der Waals surface area contributed by atoms with E-state index in [0.29, 0.717) is 28.9 Å². The third-order valence-electron chi connectivity index (χ3n) is 6.83. The molecule has 194 valence electrons. The van der Waals surface area contributed by atoms with Crippen molar-refractivity contribution < 1.29 is 18.8 Å². The van der Waals surface area contributed by atoms with Gasteiger partial charge in [-0.2, -0.15) is 0 Å². The average molecular weight is 522 g/mol. The van der Waals surface area contributed by atoms with Crippen molar-refractivity contribution in [3.8, 4) is 0 Å². The highest BCUT2D eigenvalue weighted by atomic mass is 32.2. The molecule has 0 unspecified atom stereocenters. The third kappa shape index (κ3) is 5.64. The first-order valence-corrected chi connectivity index (χ1v) is 13.8. The Hall–Kier alpha value is -3.40. The number of para-hydroxylation sites is 1. The number of carbonyl (C=O) groups is 3. The number of furan rings is 1. The van der Waals surface area contributed by atoms with E-state index in [0.717, 1.165) is 31.2 Å². The monoisotopic (exact) mass is 521 g/mol. The zero-order chi connectivity index (χ0) is 25.8. The molecule has 0 saturated heterocycles. The summed E-state index contributed by atoms with van der Waals surface area (Å²) in [7, 11) is 0. The fourth-order valence-electron chi connectivity index (χ4n) is 4.85. The van der Waals surface area contributed by atoms with Gasteiger partial charge in [0.25, 0.3) is 5.91 Å². The predicted molar refractivity (Wildman–Crippen MR) is 143 cm³/mol. The highest BCUT2D eigenvalue weighted by Gasteiger charge is 2.43. The van der Waals surface area contributed by atoms with Gasteiger partial charge in [0.1, 0.15) is 17.6 Å². The summed E-state index contributed by atoms with van der Waals surface area (Å²) in [5, 5.41) is 6.01. The van der Waals surface area contributed by atoms with Crippen LogP contribution in [0.4, 0.5) is 5.69 Å². The molecule has 1 aliphatic carbocycles. The molecule has 1 aromatic heterocycles. The Labute approximate surface area is 220 Å². The second-order valence-electron chi connectivity index (χ2n) is 9.47. The molecule has 10 heteroatoms. The minimum Gasteiger partial charge on any atom is -0.467 e. The van der Waals surface area contributed by atoms with Crippen molar-refractivity contribution in [1.29, 1.82) is 0 Å². The summed E-state index contributed by atoms with van der Waals surface area (Å²) in [5.41, 5.74) is 1.43. The Morgan fingerprint density at radius 1 is 1.16 bits per heavy atom. The minimum absolute atomic E-state index is 0.0278. The van der Waals surface area contributed by atoms with Crippen LogP contribution in [0, 0.1) is 0 Å². The number of amides is 3. The molecule has 1 saturated carbocycles. The normalized spacial score (nSPS) is 20.0. The van der Waals surface area contributed by atoms with Crippen LogP contribution in [0.15, 0.2) is 57.1 Å². The largest absolute Gasteiger partial charge is 0.467 e. The van der Waals surface area contributed by atoms with Gasteiger partial charge in [0.2, 0.25) is 11.8 Å². The Balaban J connectivity index is 1.32. The maximum atomic E-state index is 13.5. The number of hydrogen-bond donors (Lipinski definition) is 2. The van der Waals surface area contributed by atoms with Crippen molar-refractivity contribution in [2.45, 2.75) is 75.7 Å². The quantitative estimate of drug-likeness (QED) is 0.546. The number of carbonyl (C=O) groups excluding carboxylic acids is 3. The topological polar surface area (TPSA) is 116 Å². The van der Waals surface area contributed by atoms with Gasteiger partial charge in [-0.15, -0.1) is 0 Å². The van der Waals surface area contributed by atoms with Crippen LogP contribution in [-0.2, 0) is 20.9 Å². The first-order chi connectivity index (χ1) is 18.0. The fourth-order valence-corrected chi connectivity index (χ4v) is 5.88. The molecule has 2 N–H and O–H groups in total. The first-order valence-electron chi connectivity index (χ1n) is 12.9. The number of rotatable bonds is 8. The minimum atomic E-state index is -0.861. The fraction of sp³-hybridized carbons (Fsp3) is 0.444. The van der Waals surface area contributed by atoms with Gasteiger partial charge in [-0.25, -0.2) is 9.89 Å². The second-order valence-corrected chi connectivity index (χ2v) is 10.6. The summed E-state index contributed by atoms with van der Waals surface area (Å²) in [4.78, 5) is 50.1. The molecule has 2 atom stereocenters. The van der Waals surface area contributed by atoms with E-state index in [1.165, 1.54) is 23.1 Å². The molecule has 0 bridgehead atoms. The lowest BCUT2D eigenvalue weighted by Crippen LogP contribution is -2.45. The molecule has 5 rings (SSSR count). The van der Waals surface area contributed by atoms with E-state index in [4.69, 9.17) is 9.41 Å². The lowest BCUT2D eigenvalue weighted by atomic mass is 9.95. The van der Waals surface area contributed by atoms with E-state index >= 15 is 0 Å². The van der Waals surface area contributed by atoms with E-state index in [9.17, 15) is 14.4 Å². The number of amidine groups is 2. The van der Waals surface area contributed by atoms with Gasteiger partial charge in [0.05, 0.1) is 30.2 Å². The summed E-state index contributed by atoms with van der Waals surface area (Å²) < 4.78 is 5.25. The number of benzene rings is 1. The highest BCUT2D eigenvalue weighted by Crippen LogP contribution is 2.35. The van der Waals surface area contributed by atoms with Gasteiger partial charge < -0.3 is 15.1 Å². The van der Waals surface area contributed by atoms with Crippen molar-refractivity contribution in [2.24, 2.45) is 9.98 Å². The summed E-state index contributed by atoms with van der Waals surface area (Å²) in [5.74, 6) is 0.472. The van der Waals surface area contributed by atoms with E-state index in [-0.39, 0.29) is 36.7 Å². The van der Waals surface area contributed by atoms with E-state index < -0.39 is 11.3 Å². The maximum Gasteiger partial charge on any atom is 0.259 e. The lowest BCUT2D eigenvalue weighted by Gasteiger charge is -2.29. The highest BCUT2D eigenvalue weighted by molar-refractivity contribution is 8.15. The van der Waals surface area contributed by atoms with Crippen molar-refractivity contribution in [2.75, 3.05) is 0 Å². The summed E-state index contributed by atoms with van der Waals surface area (Å²) in [6, 6.07) is 10.4. The molecule has 1 aromatic carbocycles. The zero-order valence-electron chi connectivity index (χ0n) is 20.8. The number of thioether (sulfide) groups is 1. The van der Waals surface area contributed by atoms with Crippen molar-refractivity contribution in [3.05, 3.63) is 54.0 Å². The van der Waals surface area contributed by atoms with Crippen LogP contribution in [0.2, 0.25) is 0 Å². The van der Waals surface area contributed by atoms with Crippen LogP contribution >= 0.6 is 11.8 Å². The SMILES string of the molecule is CC[C@@H](SC1=Nc2ccccc2C2=N[C@@H](CC(=O)NCc3ccco3)C(=O)N12)C(=O)NC1CCCCC1. The first kappa shape index (κ1) is 25.3. The van der Waals surface area contributed by atoms with Crippen LogP contribution in [0.3, 0.4) is 0 Å². The van der Waals surface area contributed by atoms with Crippen LogP contribution in [0.25, 0.3) is 0 Å². The van der Waals surface area contributed by atoms with Crippen LogP contribution in [0.5, 0.6) is 0 Å². The molecule has 3 heterocycles. The summed E-state index contributed by atoms with van der Waals surface area (Å²) >= 11 is 1.28. The van der Waals surface area contributed by atoms with Gasteiger partial charge in [-0.1, -0.05) is 50.1 Å². The Bertz CT molecular complexity index is 1220. The number of hydrogen-bond acceptors (Lipinski definition) is 7. The molecule has 3 amide bonds. The molecular formula is C27H31N5O4S. The lowest BCUT2D eigenvalue weighted by molar-refractivity contribution is -0.128. The molecule has 2 aromatic rings. The van der Waals surface area contributed by atoms with Crippen molar-refractivity contribution in [3.63, 3.8) is 0 Å². The van der Waals surface area contributed by atoms with Gasteiger partial charge in [-0.05, 0) is 43.5 Å². The van der Waals surface area contributed by atoms with Gasteiger partial charge in [0.15, 0.2) is 5.17 Å². The molecule has 3 aliphatic rings. The van der Waals surface area contributed by atoms with Crippen LogP contribution in [-0.4, -0.2) is 51.0 Å². The molecule has 1 fully saturated rings. The Kier molecular flexibility index (Phi) is 7.73. The molecule has 0 spiro atoms. The number of fused-ring (bicyclic) bond motifs is 3. The van der Waals surface area contributed by atoms with Crippen LogP contribution < -0.4 is 10.6 Å². The number of nitrogens with zero attached hydrogens (tertiary/aromatic N) is 3. The van der Waals surface area contributed by atoms with Crippen molar-refractivity contribution in [1.82, 2.24) is 15.5 Å². The Morgan fingerprint density at radius 3 is 2.73 bits per heavy atom. The molecule has 0 radical (unpaired) electrons. The summed E-state index contributed by atoms with van der Waals surface area (Å²) in [6.45, 7) is 2.20. The smallest absolute Gasteiger partial charge is 0.259 e. The van der Waals surface area contributed by atoms with Gasteiger partial charge >= 0.3 is 0 Å². The molecular weight excluding hydrogens is 490 g/mol. The van der Waals surface area contributed by atoms with E-state index in [1.54, 1.807) is 18.4 Å². The second kappa shape index (κ2) is 11.3. The third-order valence-corrected chi connectivity index (χ3v) is 8.15. The van der Waals surface area contributed by atoms with Gasteiger partial charge in [0, 0.05) is 11.6 Å². The average Bonchev–Trinajstić information content (AvgIpc) is 3.55. The molecule has 9 nitrogen and oxygen atoms in total. The van der Waals surface area contributed by atoms with Crippen molar-refractivity contribution >= 4 is 46.2 Å². The van der Waals surface area contributed by atoms with Crippen LogP contribution in [0.1, 0.15) is 63.2 Å². The van der Waals surface area contributed by atoms with E-state index in [1.807, 2.05) is 31.2 Å². The van der Waals surface area contributed by atoms with E-state index in [2.05, 4.69) is 15.6 Å². The number of nitrogens with one attached hydrogen (secondary N) is 2. The summed E-state index contributed by atoms with van der Waals surface area (Å²) in [6.07, 6.45) is 7.55. The number of aliphatic imine (C=N–C) groups is 2. The standard InChI is InChI=1S/C27H31N5O4S/c1-2-22(25(34)29-17-9-4-3-5-10-17)37-27-31-20-13-7-6-12-19(20)24-30-21(26(35)32(24)27)15-23(33)28-16-18-11-8-14-36-18/h6-8,11-14,17,21-22H,2-5,9-10,15-16H2,1H3,(H,28,33)(H,29,34)/t21-,22+/m0/s1. The molecule has 2 aliphatic heterocycles.